The minimum atomic E-state index is -0.452. The van der Waals surface area contributed by atoms with Crippen LogP contribution < -0.4 is 0 Å². The first-order valence-corrected chi connectivity index (χ1v) is 8.82. The van der Waals surface area contributed by atoms with Crippen molar-refractivity contribution >= 4 is 11.9 Å². The van der Waals surface area contributed by atoms with Gasteiger partial charge in [0.25, 0.3) is 0 Å². The van der Waals surface area contributed by atoms with Crippen molar-refractivity contribution in [1.82, 2.24) is 19.6 Å². The highest BCUT2D eigenvalue weighted by atomic mass is 16.6. The third-order valence-corrected chi connectivity index (χ3v) is 4.97. The van der Waals surface area contributed by atoms with Gasteiger partial charge in [-0.3, -0.25) is 9.36 Å². The molecule has 0 unspecified atom stereocenters. The molecule has 0 spiro atoms. The Morgan fingerprint density at radius 3 is 1.73 bits per heavy atom. The molecule has 1 saturated carbocycles. The molecule has 0 amide bonds. The van der Waals surface area contributed by atoms with E-state index in [2.05, 4.69) is 10.2 Å². The Hall–Kier alpha value is -2.64. The predicted octanol–water partition coefficient (Wildman–Crippen LogP) is 2.30. The lowest BCUT2D eigenvalue weighted by molar-refractivity contribution is -0.154. The van der Waals surface area contributed by atoms with E-state index < -0.39 is 17.4 Å². The highest BCUT2D eigenvalue weighted by Crippen LogP contribution is 2.45. The second kappa shape index (κ2) is 6.93. The Labute approximate surface area is 152 Å². The molecular weight excluding hydrogens is 336 g/mol. The average molecular weight is 360 g/mol. The molecule has 0 aromatic carbocycles. The normalized spacial score (nSPS) is 21.1. The Morgan fingerprint density at radius 2 is 1.42 bits per heavy atom. The lowest BCUT2D eigenvalue weighted by Crippen LogP contribution is -2.56. The lowest BCUT2D eigenvalue weighted by Gasteiger charge is -2.49. The first kappa shape index (κ1) is 18.2. The molecular formula is C18H24N4O4. The van der Waals surface area contributed by atoms with Gasteiger partial charge in [-0.1, -0.05) is 13.8 Å². The van der Waals surface area contributed by atoms with Gasteiger partial charge in [-0.15, -0.1) is 0 Å². The highest BCUT2D eigenvalue weighted by Gasteiger charge is 2.53. The number of carbonyl (C=O) groups excluding carboxylic acids is 2. The molecule has 140 valence electrons. The summed E-state index contributed by atoms with van der Waals surface area (Å²) in [6.07, 6.45) is 6.19. The monoisotopic (exact) mass is 360 g/mol. The van der Waals surface area contributed by atoms with Crippen molar-refractivity contribution in [3.05, 3.63) is 35.9 Å². The number of nitrogens with zero attached hydrogens (tertiary/aromatic N) is 4. The number of carbonyl (C=O) groups is 2. The summed E-state index contributed by atoms with van der Waals surface area (Å²) in [5.41, 5.74) is 0.400. The van der Waals surface area contributed by atoms with E-state index in [-0.39, 0.29) is 12.2 Å². The lowest BCUT2D eigenvalue weighted by atomic mass is 9.66. The van der Waals surface area contributed by atoms with Gasteiger partial charge < -0.3 is 9.47 Å². The van der Waals surface area contributed by atoms with Gasteiger partial charge in [0.15, 0.2) is 0 Å². The maximum Gasteiger partial charge on any atom is 0.341 e. The second-order valence-electron chi connectivity index (χ2n) is 7.01. The number of rotatable bonds is 6. The minimum Gasteiger partial charge on any atom is -0.458 e. The first-order chi connectivity index (χ1) is 12.3. The largest absolute Gasteiger partial charge is 0.458 e. The van der Waals surface area contributed by atoms with E-state index in [1.807, 2.05) is 27.7 Å². The molecule has 8 nitrogen and oxygen atoms in total. The molecule has 26 heavy (non-hydrogen) atoms. The summed E-state index contributed by atoms with van der Waals surface area (Å²) < 4.78 is 14.5. The SMILES string of the molecule is CCn1cc(C(=O)O[C@H]2C[C@H](OC(=O)c3cnn(CC)c3)C2(C)C)cn1. The number of esters is 2. The summed E-state index contributed by atoms with van der Waals surface area (Å²) in [7, 11) is 0. The van der Waals surface area contributed by atoms with E-state index >= 15 is 0 Å². The van der Waals surface area contributed by atoms with Crippen molar-refractivity contribution < 1.29 is 19.1 Å². The summed E-state index contributed by atoms with van der Waals surface area (Å²) in [6.45, 7) is 9.12. The van der Waals surface area contributed by atoms with Gasteiger partial charge in [0.05, 0.1) is 23.5 Å². The van der Waals surface area contributed by atoms with Crippen LogP contribution in [0.4, 0.5) is 0 Å². The molecule has 0 saturated heterocycles. The molecule has 0 radical (unpaired) electrons. The Morgan fingerprint density at radius 1 is 1.00 bits per heavy atom. The van der Waals surface area contributed by atoms with Crippen LogP contribution in [0.3, 0.4) is 0 Å². The van der Waals surface area contributed by atoms with Gasteiger partial charge in [-0.25, -0.2) is 9.59 Å². The third kappa shape index (κ3) is 3.36. The number of hydrogen-bond donors (Lipinski definition) is 0. The minimum absolute atomic E-state index is 0.309. The summed E-state index contributed by atoms with van der Waals surface area (Å²) >= 11 is 0. The fourth-order valence-electron chi connectivity index (χ4n) is 2.93. The van der Waals surface area contributed by atoms with Crippen molar-refractivity contribution in [2.75, 3.05) is 0 Å². The van der Waals surface area contributed by atoms with E-state index in [9.17, 15) is 9.59 Å². The van der Waals surface area contributed by atoms with Crippen LogP contribution in [-0.2, 0) is 22.6 Å². The van der Waals surface area contributed by atoms with Gasteiger partial charge >= 0.3 is 11.9 Å². The zero-order valence-corrected chi connectivity index (χ0v) is 15.5. The van der Waals surface area contributed by atoms with Gasteiger partial charge in [-0.05, 0) is 13.8 Å². The molecule has 1 aliphatic carbocycles. The first-order valence-electron chi connectivity index (χ1n) is 8.82. The number of ether oxygens (including phenoxy) is 2. The van der Waals surface area contributed by atoms with Gasteiger partial charge in [-0.2, -0.15) is 10.2 Å². The maximum absolute atomic E-state index is 12.3. The van der Waals surface area contributed by atoms with Crippen molar-refractivity contribution in [3.8, 4) is 0 Å². The fourth-order valence-corrected chi connectivity index (χ4v) is 2.93. The van der Waals surface area contributed by atoms with Crippen LogP contribution in [0.25, 0.3) is 0 Å². The molecule has 0 N–H and O–H groups in total. The van der Waals surface area contributed by atoms with Crippen molar-refractivity contribution in [3.63, 3.8) is 0 Å². The van der Waals surface area contributed by atoms with Crippen molar-refractivity contribution in [2.24, 2.45) is 5.41 Å². The van der Waals surface area contributed by atoms with Crippen LogP contribution in [0.15, 0.2) is 24.8 Å². The molecule has 2 atom stereocenters. The molecule has 1 fully saturated rings. The smallest absolute Gasteiger partial charge is 0.341 e. The summed E-state index contributed by atoms with van der Waals surface area (Å²) in [5.74, 6) is -0.812. The average Bonchev–Trinajstić information content (AvgIpc) is 3.29. The maximum atomic E-state index is 12.3. The summed E-state index contributed by atoms with van der Waals surface area (Å²) in [4.78, 5) is 24.5. The zero-order valence-electron chi connectivity index (χ0n) is 15.5. The summed E-state index contributed by atoms with van der Waals surface area (Å²) in [6, 6.07) is 0. The molecule has 0 bridgehead atoms. The number of aryl methyl sites for hydroxylation is 2. The number of aromatic nitrogens is 4. The van der Waals surface area contributed by atoms with Gasteiger partial charge in [0.2, 0.25) is 0 Å². The van der Waals surface area contributed by atoms with Gasteiger partial charge in [0.1, 0.15) is 12.2 Å². The van der Waals surface area contributed by atoms with E-state index in [0.717, 1.165) is 0 Å². The van der Waals surface area contributed by atoms with E-state index in [1.54, 1.807) is 21.8 Å². The van der Waals surface area contributed by atoms with Crippen LogP contribution in [0.2, 0.25) is 0 Å². The Bertz CT molecular complexity index is 743. The van der Waals surface area contributed by atoms with Crippen LogP contribution in [0.5, 0.6) is 0 Å². The molecule has 1 aliphatic rings. The molecule has 2 aromatic heterocycles. The summed E-state index contributed by atoms with van der Waals surface area (Å²) in [5, 5.41) is 8.16. The Kier molecular flexibility index (Phi) is 4.84. The standard InChI is InChI=1S/C18H24N4O4/c1-5-21-10-12(8-19-21)16(23)25-14-7-15(18(14,3)4)26-17(24)13-9-20-22(6-2)11-13/h8-11,14-15H,5-7H2,1-4H3/t14-,15-/m0/s1. The van der Waals surface area contributed by atoms with Crippen molar-refractivity contribution in [1.29, 1.82) is 0 Å². The molecule has 3 rings (SSSR count). The topological polar surface area (TPSA) is 88.2 Å². The van der Waals surface area contributed by atoms with E-state index in [4.69, 9.17) is 9.47 Å². The van der Waals surface area contributed by atoms with Crippen LogP contribution in [0, 0.1) is 5.41 Å². The number of hydrogen-bond acceptors (Lipinski definition) is 6. The highest BCUT2D eigenvalue weighted by molar-refractivity contribution is 5.89. The molecule has 0 aliphatic heterocycles. The van der Waals surface area contributed by atoms with Crippen LogP contribution in [0.1, 0.15) is 54.8 Å². The predicted molar refractivity (Wildman–Crippen MR) is 92.6 cm³/mol. The molecule has 2 heterocycles. The third-order valence-electron chi connectivity index (χ3n) is 4.97. The second-order valence-corrected chi connectivity index (χ2v) is 7.01. The molecule has 8 heteroatoms. The van der Waals surface area contributed by atoms with Crippen LogP contribution in [-0.4, -0.2) is 43.7 Å². The van der Waals surface area contributed by atoms with Crippen molar-refractivity contribution in [2.45, 2.75) is 59.4 Å². The zero-order chi connectivity index (χ0) is 18.9. The van der Waals surface area contributed by atoms with E-state index in [1.165, 1.54) is 12.4 Å². The van der Waals surface area contributed by atoms with E-state index in [0.29, 0.717) is 30.6 Å². The van der Waals surface area contributed by atoms with Crippen LogP contribution >= 0.6 is 0 Å². The quantitative estimate of drug-likeness (QED) is 0.735. The Balaban J connectivity index is 1.57. The van der Waals surface area contributed by atoms with Gasteiger partial charge in [0, 0.05) is 37.3 Å². The molecule has 2 aromatic rings. The fraction of sp³-hybridized carbons (Fsp3) is 0.556.